The first-order valence-corrected chi connectivity index (χ1v) is 11.3. The van der Waals surface area contributed by atoms with Gasteiger partial charge in [0.1, 0.15) is 9.88 Å². The molecular weight excluding hydrogens is 406 g/mol. The first-order valence-electron chi connectivity index (χ1n) is 9.04. The Morgan fingerprint density at radius 3 is 2.14 bits per heavy atom. The Kier molecular flexibility index (Phi) is 5.88. The molecule has 0 radical (unpaired) electrons. The zero-order valence-electron chi connectivity index (χ0n) is 17.0. The highest BCUT2D eigenvalue weighted by Crippen LogP contribution is 2.28. The van der Waals surface area contributed by atoms with E-state index in [0.29, 0.717) is 26.7 Å². The van der Waals surface area contributed by atoms with Crippen LogP contribution in [0.15, 0.2) is 41.3 Å². The summed E-state index contributed by atoms with van der Waals surface area (Å²) in [6.45, 7) is 8.98. The SMILES string of the molecule is Cc1cc(C)c(C)c(S(=O)(=O)NNC(=O)c2sc(-c3ccccc3)nc2C)c1C. The van der Waals surface area contributed by atoms with Crippen LogP contribution in [0.2, 0.25) is 0 Å². The van der Waals surface area contributed by atoms with E-state index in [1.165, 1.54) is 11.3 Å². The van der Waals surface area contributed by atoms with Crippen LogP contribution in [0.3, 0.4) is 0 Å². The number of sulfonamides is 1. The maximum atomic E-state index is 12.9. The number of amides is 1. The second kappa shape index (κ2) is 8.06. The number of hydrazine groups is 1. The summed E-state index contributed by atoms with van der Waals surface area (Å²) in [6, 6.07) is 11.5. The third kappa shape index (κ3) is 4.24. The number of nitrogens with zero attached hydrogens (tertiary/aromatic N) is 1. The quantitative estimate of drug-likeness (QED) is 0.601. The summed E-state index contributed by atoms with van der Waals surface area (Å²) in [5.41, 5.74) is 6.87. The van der Waals surface area contributed by atoms with Crippen LogP contribution in [0.25, 0.3) is 10.6 Å². The number of nitrogens with one attached hydrogen (secondary N) is 2. The fraction of sp³-hybridized carbons (Fsp3) is 0.238. The molecule has 1 amide bonds. The zero-order valence-corrected chi connectivity index (χ0v) is 18.6. The molecule has 0 saturated carbocycles. The molecule has 0 atom stereocenters. The van der Waals surface area contributed by atoms with E-state index in [1.54, 1.807) is 20.8 Å². The Labute approximate surface area is 175 Å². The first-order chi connectivity index (χ1) is 13.6. The number of thiazole rings is 1. The maximum absolute atomic E-state index is 12.9. The van der Waals surface area contributed by atoms with Gasteiger partial charge in [0.25, 0.3) is 15.9 Å². The third-order valence-corrected chi connectivity index (χ3v) is 7.61. The van der Waals surface area contributed by atoms with Crippen LogP contribution in [-0.4, -0.2) is 19.3 Å². The molecule has 8 heteroatoms. The van der Waals surface area contributed by atoms with Gasteiger partial charge in [-0.3, -0.25) is 10.2 Å². The number of hydrogen-bond acceptors (Lipinski definition) is 5. The summed E-state index contributed by atoms with van der Waals surface area (Å²) in [7, 11) is -3.93. The van der Waals surface area contributed by atoms with Gasteiger partial charge in [0.15, 0.2) is 0 Å². The van der Waals surface area contributed by atoms with Gasteiger partial charge < -0.3 is 0 Å². The van der Waals surface area contributed by atoms with Gasteiger partial charge in [0, 0.05) is 5.56 Å². The van der Waals surface area contributed by atoms with Crippen molar-refractivity contribution in [2.45, 2.75) is 39.5 Å². The third-order valence-electron chi connectivity index (χ3n) is 4.89. The smallest absolute Gasteiger partial charge is 0.273 e. The van der Waals surface area contributed by atoms with Gasteiger partial charge in [0.2, 0.25) is 0 Å². The lowest BCUT2D eigenvalue weighted by Gasteiger charge is -2.16. The molecule has 2 aromatic carbocycles. The van der Waals surface area contributed by atoms with Crippen molar-refractivity contribution in [3.63, 3.8) is 0 Å². The Hall–Kier alpha value is -2.55. The van der Waals surface area contributed by atoms with E-state index < -0.39 is 15.9 Å². The molecule has 1 heterocycles. The number of carbonyl (C=O) groups is 1. The summed E-state index contributed by atoms with van der Waals surface area (Å²) >= 11 is 1.22. The lowest BCUT2D eigenvalue weighted by Crippen LogP contribution is -2.42. The van der Waals surface area contributed by atoms with Crippen LogP contribution < -0.4 is 10.3 Å². The zero-order chi connectivity index (χ0) is 21.3. The van der Waals surface area contributed by atoms with Crippen molar-refractivity contribution in [2.75, 3.05) is 0 Å². The number of carbonyl (C=O) groups excluding carboxylic acids is 1. The fourth-order valence-corrected chi connectivity index (χ4v) is 5.54. The minimum absolute atomic E-state index is 0.196. The maximum Gasteiger partial charge on any atom is 0.278 e. The van der Waals surface area contributed by atoms with Crippen molar-refractivity contribution in [2.24, 2.45) is 0 Å². The van der Waals surface area contributed by atoms with Gasteiger partial charge >= 0.3 is 0 Å². The standard InChI is InChI=1S/C21H23N3O3S2/c1-12-11-13(2)15(4)19(14(12)3)29(26,27)24-23-20(25)18-16(5)22-21(28-18)17-9-7-6-8-10-17/h6-11,24H,1-5H3,(H,23,25). The lowest BCUT2D eigenvalue weighted by atomic mass is 10.0. The van der Waals surface area contributed by atoms with Crippen molar-refractivity contribution in [1.82, 2.24) is 15.2 Å². The molecule has 152 valence electrons. The topological polar surface area (TPSA) is 88.2 Å². The monoisotopic (exact) mass is 429 g/mol. The second-order valence-electron chi connectivity index (χ2n) is 6.95. The average molecular weight is 430 g/mol. The number of aryl methyl sites for hydroxylation is 3. The summed E-state index contributed by atoms with van der Waals surface area (Å²) in [4.78, 5) is 19.9. The van der Waals surface area contributed by atoms with E-state index in [4.69, 9.17) is 0 Å². The molecule has 3 aromatic rings. The molecule has 0 unspecified atom stereocenters. The van der Waals surface area contributed by atoms with Crippen LogP contribution in [-0.2, 0) is 10.0 Å². The molecule has 0 aliphatic rings. The van der Waals surface area contributed by atoms with Crippen LogP contribution >= 0.6 is 11.3 Å². The van der Waals surface area contributed by atoms with Gasteiger partial charge in [0.05, 0.1) is 10.6 Å². The van der Waals surface area contributed by atoms with Crippen molar-refractivity contribution in [1.29, 1.82) is 0 Å². The highest BCUT2D eigenvalue weighted by Gasteiger charge is 2.24. The normalized spacial score (nSPS) is 11.5. The van der Waals surface area contributed by atoms with Gasteiger partial charge in [-0.2, -0.15) is 0 Å². The summed E-state index contributed by atoms with van der Waals surface area (Å²) in [5, 5.41) is 0.706. The van der Waals surface area contributed by atoms with E-state index in [9.17, 15) is 13.2 Å². The molecule has 3 rings (SSSR count). The summed E-state index contributed by atoms with van der Waals surface area (Å²) in [5.74, 6) is -0.537. The summed E-state index contributed by atoms with van der Waals surface area (Å²) < 4.78 is 25.8. The van der Waals surface area contributed by atoms with E-state index in [-0.39, 0.29) is 4.90 Å². The molecule has 0 spiro atoms. The van der Waals surface area contributed by atoms with Gasteiger partial charge in [-0.15, -0.1) is 16.2 Å². The lowest BCUT2D eigenvalue weighted by molar-refractivity contribution is 0.0948. The van der Waals surface area contributed by atoms with Crippen LogP contribution in [0.1, 0.15) is 37.6 Å². The molecule has 0 bridgehead atoms. The van der Waals surface area contributed by atoms with Crippen molar-refractivity contribution in [3.8, 4) is 10.6 Å². The second-order valence-corrected chi connectivity index (χ2v) is 9.57. The van der Waals surface area contributed by atoms with E-state index in [1.807, 2.05) is 50.2 Å². The number of rotatable bonds is 5. The Morgan fingerprint density at radius 2 is 1.55 bits per heavy atom. The number of aromatic nitrogens is 1. The fourth-order valence-electron chi connectivity index (χ4n) is 3.12. The van der Waals surface area contributed by atoms with Crippen molar-refractivity contribution < 1.29 is 13.2 Å². The average Bonchev–Trinajstić information content (AvgIpc) is 3.07. The van der Waals surface area contributed by atoms with Gasteiger partial charge in [-0.05, 0) is 56.9 Å². The highest BCUT2D eigenvalue weighted by atomic mass is 32.2. The Balaban J connectivity index is 1.84. The Bertz CT molecular complexity index is 1160. The van der Waals surface area contributed by atoms with Gasteiger partial charge in [-0.25, -0.2) is 13.4 Å². The molecule has 6 nitrogen and oxygen atoms in total. The molecule has 0 aliphatic heterocycles. The summed E-state index contributed by atoms with van der Waals surface area (Å²) in [6.07, 6.45) is 0. The van der Waals surface area contributed by atoms with E-state index in [2.05, 4.69) is 15.2 Å². The molecule has 0 aliphatic carbocycles. The largest absolute Gasteiger partial charge is 0.278 e. The molecule has 0 saturated heterocycles. The molecule has 2 N–H and O–H groups in total. The molecule has 29 heavy (non-hydrogen) atoms. The molecular formula is C21H23N3O3S2. The predicted molar refractivity (Wildman–Crippen MR) is 115 cm³/mol. The minimum Gasteiger partial charge on any atom is -0.273 e. The first kappa shape index (κ1) is 21.2. The Morgan fingerprint density at radius 1 is 0.966 bits per heavy atom. The van der Waals surface area contributed by atoms with Crippen molar-refractivity contribution in [3.05, 3.63) is 69.2 Å². The van der Waals surface area contributed by atoms with Crippen LogP contribution in [0.5, 0.6) is 0 Å². The van der Waals surface area contributed by atoms with Crippen LogP contribution in [0, 0.1) is 34.6 Å². The van der Waals surface area contributed by atoms with E-state index in [0.717, 1.165) is 16.7 Å². The van der Waals surface area contributed by atoms with Crippen LogP contribution in [0.4, 0.5) is 0 Å². The number of hydrogen-bond donors (Lipinski definition) is 2. The van der Waals surface area contributed by atoms with Gasteiger partial charge in [-0.1, -0.05) is 36.4 Å². The molecule has 1 aromatic heterocycles. The van der Waals surface area contributed by atoms with Crippen molar-refractivity contribution >= 4 is 27.3 Å². The van der Waals surface area contributed by atoms with E-state index >= 15 is 0 Å². The predicted octanol–water partition coefficient (Wildman–Crippen LogP) is 3.98. The number of benzene rings is 2. The highest BCUT2D eigenvalue weighted by molar-refractivity contribution is 7.89. The molecule has 0 fully saturated rings. The minimum atomic E-state index is -3.93.